The van der Waals surface area contributed by atoms with Crippen molar-refractivity contribution in [3.8, 4) is 0 Å². The van der Waals surface area contributed by atoms with Crippen molar-refractivity contribution in [2.75, 3.05) is 31.1 Å². The molecule has 0 aliphatic carbocycles. The number of H-pyrrole nitrogens is 1. The van der Waals surface area contributed by atoms with Gasteiger partial charge in [-0.2, -0.15) is 0 Å². The summed E-state index contributed by atoms with van der Waals surface area (Å²) in [6.07, 6.45) is 8.44. The summed E-state index contributed by atoms with van der Waals surface area (Å²) in [6.45, 7) is 3.15. The fourth-order valence-electron chi connectivity index (χ4n) is 4.62. The van der Waals surface area contributed by atoms with E-state index in [-0.39, 0.29) is 11.8 Å². The highest BCUT2D eigenvalue weighted by Gasteiger charge is 2.27. The number of nitrogens with one attached hydrogen (secondary N) is 1. The molecule has 162 valence electrons. The molecule has 6 nitrogen and oxygen atoms in total. The quantitative estimate of drug-likeness (QED) is 0.529. The van der Waals surface area contributed by atoms with Crippen LogP contribution in [0.1, 0.15) is 11.3 Å². The van der Waals surface area contributed by atoms with Crippen LogP contribution < -0.4 is 4.90 Å². The lowest BCUT2D eigenvalue weighted by atomic mass is 10.0. The first-order valence-corrected chi connectivity index (χ1v) is 11.1. The fraction of sp³-hybridized carbons (Fsp3) is 0.269. The van der Waals surface area contributed by atoms with Gasteiger partial charge in [-0.1, -0.05) is 36.4 Å². The second-order valence-corrected chi connectivity index (χ2v) is 8.42. The van der Waals surface area contributed by atoms with Gasteiger partial charge >= 0.3 is 0 Å². The molecule has 0 radical (unpaired) electrons. The lowest BCUT2D eigenvalue weighted by Gasteiger charge is -2.25. The average Bonchev–Trinajstić information content (AvgIpc) is 3.11. The standard InChI is InChI=1S/C26H27N5O/c32-26(15-21-16-29-25-9-5-4-8-24(21)25)31-13-12-30(23-6-2-1-3-7-23)18-20(19-31)14-22-17-27-10-11-28-22/h1-11,16-17,20,29H,12-15,18-19H2/t20-/m1/s1. The minimum atomic E-state index is 0.175. The van der Waals surface area contributed by atoms with Gasteiger partial charge in [0.25, 0.3) is 0 Å². The van der Waals surface area contributed by atoms with Crippen molar-refractivity contribution in [3.05, 3.63) is 90.6 Å². The molecule has 2 aromatic carbocycles. The number of carbonyl (C=O) groups is 1. The van der Waals surface area contributed by atoms with Gasteiger partial charge in [-0.25, -0.2) is 0 Å². The highest BCUT2D eigenvalue weighted by molar-refractivity contribution is 5.89. The van der Waals surface area contributed by atoms with Crippen LogP contribution in [0.2, 0.25) is 0 Å². The number of anilines is 1. The Morgan fingerprint density at radius 3 is 2.69 bits per heavy atom. The highest BCUT2D eigenvalue weighted by atomic mass is 16.2. The number of carbonyl (C=O) groups excluding carboxylic acids is 1. The van der Waals surface area contributed by atoms with Gasteiger partial charge in [-0.05, 0) is 36.1 Å². The molecule has 1 atom stereocenters. The molecule has 1 amide bonds. The minimum absolute atomic E-state index is 0.175. The Kier molecular flexibility index (Phi) is 5.83. The molecule has 3 heterocycles. The zero-order valence-electron chi connectivity index (χ0n) is 18.0. The Morgan fingerprint density at radius 1 is 1.00 bits per heavy atom. The van der Waals surface area contributed by atoms with Crippen LogP contribution in [0.4, 0.5) is 5.69 Å². The maximum atomic E-state index is 13.4. The van der Waals surface area contributed by atoms with Crippen LogP contribution in [0.5, 0.6) is 0 Å². The molecule has 32 heavy (non-hydrogen) atoms. The molecule has 0 spiro atoms. The van der Waals surface area contributed by atoms with Crippen molar-refractivity contribution in [1.29, 1.82) is 0 Å². The van der Waals surface area contributed by atoms with Gasteiger partial charge in [-0.3, -0.25) is 14.8 Å². The van der Waals surface area contributed by atoms with Gasteiger partial charge < -0.3 is 14.8 Å². The van der Waals surface area contributed by atoms with Crippen LogP contribution in [-0.2, 0) is 17.6 Å². The van der Waals surface area contributed by atoms with Crippen LogP contribution >= 0.6 is 0 Å². The number of aromatic amines is 1. The third kappa shape index (κ3) is 4.49. The number of para-hydroxylation sites is 2. The minimum Gasteiger partial charge on any atom is -0.369 e. The predicted octanol–water partition coefficient (Wildman–Crippen LogP) is 3.71. The molecule has 6 heteroatoms. The molecular weight excluding hydrogens is 398 g/mol. The van der Waals surface area contributed by atoms with Crippen LogP contribution in [0, 0.1) is 5.92 Å². The summed E-state index contributed by atoms with van der Waals surface area (Å²) in [5, 5.41) is 1.12. The largest absolute Gasteiger partial charge is 0.369 e. The van der Waals surface area contributed by atoms with E-state index in [9.17, 15) is 4.79 Å². The Hall–Kier alpha value is -3.67. The lowest BCUT2D eigenvalue weighted by molar-refractivity contribution is -0.130. The summed E-state index contributed by atoms with van der Waals surface area (Å²) >= 11 is 0. The Balaban J connectivity index is 1.36. The molecule has 4 aromatic rings. The van der Waals surface area contributed by atoms with E-state index in [2.05, 4.69) is 50.2 Å². The van der Waals surface area contributed by atoms with Crippen molar-refractivity contribution in [2.24, 2.45) is 5.92 Å². The summed E-state index contributed by atoms with van der Waals surface area (Å²) in [7, 11) is 0. The van der Waals surface area contributed by atoms with E-state index in [1.165, 1.54) is 5.69 Å². The number of aromatic nitrogens is 3. The number of fused-ring (bicyclic) bond motifs is 1. The van der Waals surface area contributed by atoms with E-state index in [1.807, 2.05) is 41.6 Å². The maximum absolute atomic E-state index is 13.4. The first-order chi connectivity index (χ1) is 15.8. The Morgan fingerprint density at radius 2 is 1.84 bits per heavy atom. The van der Waals surface area contributed by atoms with Crippen LogP contribution in [0.15, 0.2) is 79.4 Å². The van der Waals surface area contributed by atoms with Gasteiger partial charge in [0, 0.05) is 67.6 Å². The second-order valence-electron chi connectivity index (χ2n) is 8.42. The molecule has 0 saturated carbocycles. The summed E-state index contributed by atoms with van der Waals surface area (Å²) in [5.41, 5.74) is 4.29. The van der Waals surface area contributed by atoms with Crippen LogP contribution in [-0.4, -0.2) is 51.9 Å². The first kappa shape index (κ1) is 20.2. The second kappa shape index (κ2) is 9.22. The third-order valence-corrected chi connectivity index (χ3v) is 6.20. The molecule has 1 aliphatic heterocycles. The highest BCUT2D eigenvalue weighted by Crippen LogP contribution is 2.23. The zero-order chi connectivity index (χ0) is 21.8. The van der Waals surface area contributed by atoms with E-state index >= 15 is 0 Å². The van der Waals surface area contributed by atoms with Crippen molar-refractivity contribution < 1.29 is 4.79 Å². The molecule has 1 fully saturated rings. The van der Waals surface area contributed by atoms with Crippen molar-refractivity contribution >= 4 is 22.5 Å². The van der Waals surface area contributed by atoms with E-state index in [0.717, 1.165) is 48.2 Å². The van der Waals surface area contributed by atoms with E-state index in [4.69, 9.17) is 0 Å². The topological polar surface area (TPSA) is 65.1 Å². The molecule has 5 rings (SSSR count). The normalized spacial score (nSPS) is 16.8. The zero-order valence-corrected chi connectivity index (χ0v) is 18.0. The summed E-state index contributed by atoms with van der Waals surface area (Å²) in [5.74, 6) is 0.454. The van der Waals surface area contributed by atoms with Crippen molar-refractivity contribution in [3.63, 3.8) is 0 Å². The molecule has 0 bridgehead atoms. The fourth-order valence-corrected chi connectivity index (χ4v) is 4.62. The van der Waals surface area contributed by atoms with E-state index in [0.29, 0.717) is 13.0 Å². The van der Waals surface area contributed by atoms with Crippen molar-refractivity contribution in [1.82, 2.24) is 19.9 Å². The predicted molar refractivity (Wildman–Crippen MR) is 126 cm³/mol. The van der Waals surface area contributed by atoms with Gasteiger partial charge in [0.15, 0.2) is 0 Å². The number of amides is 1. The number of rotatable bonds is 5. The van der Waals surface area contributed by atoms with Gasteiger partial charge in [-0.15, -0.1) is 0 Å². The Bertz CT molecular complexity index is 1170. The number of benzene rings is 2. The molecule has 1 saturated heterocycles. The SMILES string of the molecule is O=C(Cc1c[nH]c2ccccc12)N1CCN(c2ccccc2)C[C@@H](Cc2cnccn2)C1. The summed E-state index contributed by atoms with van der Waals surface area (Å²) in [6, 6.07) is 18.6. The van der Waals surface area contributed by atoms with Crippen LogP contribution in [0.3, 0.4) is 0 Å². The van der Waals surface area contributed by atoms with Gasteiger partial charge in [0.1, 0.15) is 0 Å². The summed E-state index contributed by atoms with van der Waals surface area (Å²) < 4.78 is 0. The molecule has 1 aliphatic rings. The van der Waals surface area contributed by atoms with Crippen molar-refractivity contribution in [2.45, 2.75) is 12.8 Å². The van der Waals surface area contributed by atoms with Gasteiger partial charge in [0.05, 0.1) is 12.1 Å². The third-order valence-electron chi connectivity index (χ3n) is 6.20. The first-order valence-electron chi connectivity index (χ1n) is 11.1. The maximum Gasteiger partial charge on any atom is 0.227 e. The van der Waals surface area contributed by atoms with Crippen LogP contribution in [0.25, 0.3) is 10.9 Å². The average molecular weight is 426 g/mol. The smallest absolute Gasteiger partial charge is 0.227 e. The Labute approximate surface area is 187 Å². The molecular formula is C26H27N5O. The van der Waals surface area contributed by atoms with E-state index in [1.54, 1.807) is 12.4 Å². The monoisotopic (exact) mass is 425 g/mol. The number of hydrogen-bond donors (Lipinski definition) is 1. The number of hydrogen-bond acceptors (Lipinski definition) is 4. The molecule has 0 unspecified atom stereocenters. The van der Waals surface area contributed by atoms with E-state index < -0.39 is 0 Å². The molecule has 2 aromatic heterocycles. The molecule has 1 N–H and O–H groups in total. The van der Waals surface area contributed by atoms with Gasteiger partial charge in [0.2, 0.25) is 5.91 Å². The lowest BCUT2D eigenvalue weighted by Crippen LogP contribution is -2.37. The summed E-state index contributed by atoms with van der Waals surface area (Å²) in [4.78, 5) is 29.8. The number of nitrogens with zero attached hydrogens (tertiary/aromatic N) is 4.